The number of hydrogen-bond acceptors (Lipinski definition) is 5. The third-order valence-electron chi connectivity index (χ3n) is 5.05. The highest BCUT2D eigenvalue weighted by Crippen LogP contribution is 2.28. The van der Waals surface area contributed by atoms with Crippen molar-refractivity contribution in [2.24, 2.45) is 0 Å². The van der Waals surface area contributed by atoms with Crippen molar-refractivity contribution in [1.29, 1.82) is 0 Å². The minimum Gasteiger partial charge on any atom is -0.381 e. The average molecular weight is 388 g/mol. The van der Waals surface area contributed by atoms with E-state index in [4.69, 9.17) is 4.74 Å². The minimum atomic E-state index is -3.27. The molecule has 1 aromatic heterocycles. The molecule has 0 spiro atoms. The number of amides is 1. The number of H-pyrrole nitrogens is 1. The molecule has 8 heteroatoms. The van der Waals surface area contributed by atoms with Crippen molar-refractivity contribution in [3.63, 3.8) is 0 Å². The first-order valence-corrected chi connectivity index (χ1v) is 10.6. The second kappa shape index (κ2) is 6.94. The van der Waals surface area contributed by atoms with Crippen LogP contribution in [0.25, 0.3) is 10.9 Å². The van der Waals surface area contributed by atoms with Gasteiger partial charge in [-0.2, -0.15) is 0 Å². The Balaban J connectivity index is 1.59. The van der Waals surface area contributed by atoms with Crippen LogP contribution in [-0.4, -0.2) is 44.3 Å². The third-order valence-corrected chi connectivity index (χ3v) is 6.45. The fourth-order valence-corrected chi connectivity index (χ4v) is 4.82. The molecule has 1 aromatic carbocycles. The lowest BCUT2D eigenvalue weighted by Crippen LogP contribution is -2.38. The molecule has 1 atom stereocenters. The molecular weight excluding hydrogens is 368 g/mol. The molecule has 2 N–H and O–H groups in total. The van der Waals surface area contributed by atoms with Gasteiger partial charge in [0.2, 0.25) is 0 Å². The fourth-order valence-electron chi connectivity index (χ4n) is 3.58. The standard InChI is InChI=1S/C19H20N2O5S/c22-18(20-15-5-8-27(24,25)11-15)16-9-14-2-1-13(10-17(14)21-19(16)23)12-3-6-26-7-4-12/h1-2,5,8-10,12,15H,3-4,6-7,11H2,(H,20,22)(H,21,23). The molecule has 1 saturated heterocycles. The van der Waals surface area contributed by atoms with Crippen LogP contribution < -0.4 is 10.9 Å². The normalized spacial score (nSPS) is 22.1. The molecule has 0 aliphatic carbocycles. The summed E-state index contributed by atoms with van der Waals surface area (Å²) < 4.78 is 28.3. The molecule has 1 unspecified atom stereocenters. The zero-order valence-electron chi connectivity index (χ0n) is 14.6. The summed E-state index contributed by atoms with van der Waals surface area (Å²) in [5, 5.41) is 4.42. The first-order chi connectivity index (χ1) is 12.9. The number of benzene rings is 1. The molecule has 1 fully saturated rings. The van der Waals surface area contributed by atoms with Crippen LogP contribution in [-0.2, 0) is 14.6 Å². The number of aromatic nitrogens is 1. The fraction of sp³-hybridized carbons (Fsp3) is 0.368. The highest BCUT2D eigenvalue weighted by Gasteiger charge is 2.24. The summed E-state index contributed by atoms with van der Waals surface area (Å²) in [6, 6.07) is 6.80. The number of ether oxygens (including phenoxy) is 1. The zero-order valence-corrected chi connectivity index (χ0v) is 15.4. The highest BCUT2D eigenvalue weighted by molar-refractivity contribution is 7.94. The summed E-state index contributed by atoms with van der Waals surface area (Å²) in [5.74, 6) is -0.359. The first-order valence-electron chi connectivity index (χ1n) is 8.88. The number of sulfone groups is 1. The summed E-state index contributed by atoms with van der Waals surface area (Å²) in [4.78, 5) is 27.6. The maximum absolute atomic E-state index is 12.4. The lowest BCUT2D eigenvalue weighted by molar-refractivity contribution is 0.0853. The second-order valence-electron chi connectivity index (χ2n) is 6.98. The number of hydrogen-bond donors (Lipinski definition) is 2. The topological polar surface area (TPSA) is 105 Å². The minimum absolute atomic E-state index is 0.0287. The molecule has 4 rings (SSSR count). The molecule has 7 nitrogen and oxygen atoms in total. The molecule has 2 aliphatic heterocycles. The molecule has 0 radical (unpaired) electrons. The quantitative estimate of drug-likeness (QED) is 0.828. The van der Waals surface area contributed by atoms with Gasteiger partial charge in [0, 0.05) is 24.1 Å². The molecule has 0 saturated carbocycles. The SMILES string of the molecule is O=C(NC1C=CS(=O)(=O)C1)c1cc2ccc(C3CCOCC3)cc2[nH]c1=O. The van der Waals surface area contributed by atoms with Gasteiger partial charge in [-0.1, -0.05) is 12.1 Å². The third kappa shape index (κ3) is 3.81. The predicted octanol–water partition coefficient (Wildman–Crippen LogP) is 1.46. The van der Waals surface area contributed by atoms with E-state index in [-0.39, 0.29) is 11.3 Å². The van der Waals surface area contributed by atoms with Gasteiger partial charge >= 0.3 is 0 Å². The molecule has 1 amide bonds. The van der Waals surface area contributed by atoms with Crippen LogP contribution in [0.3, 0.4) is 0 Å². The largest absolute Gasteiger partial charge is 0.381 e. The van der Waals surface area contributed by atoms with Gasteiger partial charge in [0.1, 0.15) is 5.56 Å². The van der Waals surface area contributed by atoms with E-state index in [1.165, 1.54) is 6.08 Å². The van der Waals surface area contributed by atoms with Gasteiger partial charge < -0.3 is 15.0 Å². The van der Waals surface area contributed by atoms with E-state index in [2.05, 4.69) is 10.3 Å². The highest BCUT2D eigenvalue weighted by atomic mass is 32.2. The Hall–Kier alpha value is -2.45. The van der Waals surface area contributed by atoms with Crippen molar-refractivity contribution < 1.29 is 17.9 Å². The summed E-state index contributed by atoms with van der Waals surface area (Å²) in [5.41, 5.74) is 1.32. The molecule has 142 valence electrons. The van der Waals surface area contributed by atoms with Gasteiger partial charge in [-0.25, -0.2) is 8.42 Å². The Kier molecular flexibility index (Phi) is 4.61. The summed E-state index contributed by atoms with van der Waals surface area (Å²) >= 11 is 0. The van der Waals surface area contributed by atoms with Gasteiger partial charge in [0.25, 0.3) is 11.5 Å². The number of nitrogens with one attached hydrogen (secondary N) is 2. The molecule has 2 aromatic rings. The first kappa shape index (κ1) is 17.9. The lowest BCUT2D eigenvalue weighted by Gasteiger charge is -2.22. The number of fused-ring (bicyclic) bond motifs is 1. The van der Waals surface area contributed by atoms with E-state index in [9.17, 15) is 18.0 Å². The van der Waals surface area contributed by atoms with Crippen molar-refractivity contribution in [2.45, 2.75) is 24.8 Å². The van der Waals surface area contributed by atoms with Gasteiger partial charge in [-0.3, -0.25) is 9.59 Å². The van der Waals surface area contributed by atoms with Gasteiger partial charge in [-0.15, -0.1) is 0 Å². The summed E-state index contributed by atoms with van der Waals surface area (Å²) in [6.45, 7) is 1.48. The predicted molar refractivity (Wildman–Crippen MR) is 102 cm³/mol. The Bertz CT molecular complexity index is 1080. The monoisotopic (exact) mass is 388 g/mol. The van der Waals surface area contributed by atoms with Crippen LogP contribution in [0.5, 0.6) is 0 Å². The van der Waals surface area contributed by atoms with Crippen LogP contribution in [0.15, 0.2) is 40.5 Å². The number of rotatable bonds is 3. The number of aromatic amines is 1. The van der Waals surface area contributed by atoms with Crippen molar-refractivity contribution in [1.82, 2.24) is 10.3 Å². The Morgan fingerprint density at radius 1 is 1.19 bits per heavy atom. The second-order valence-corrected chi connectivity index (χ2v) is 8.91. The summed E-state index contributed by atoms with van der Waals surface area (Å²) in [6.07, 6.45) is 3.32. The van der Waals surface area contributed by atoms with Gasteiger partial charge in [-0.05, 0) is 47.9 Å². The lowest BCUT2D eigenvalue weighted by atomic mass is 9.91. The van der Waals surface area contributed by atoms with Crippen molar-refractivity contribution >= 4 is 26.6 Å². The van der Waals surface area contributed by atoms with Crippen LogP contribution in [0.4, 0.5) is 0 Å². The van der Waals surface area contributed by atoms with Crippen LogP contribution in [0.2, 0.25) is 0 Å². The average Bonchev–Trinajstić information content (AvgIpc) is 2.99. The van der Waals surface area contributed by atoms with E-state index >= 15 is 0 Å². The van der Waals surface area contributed by atoms with E-state index in [0.717, 1.165) is 42.4 Å². The number of carbonyl (C=O) groups excluding carboxylic acids is 1. The molecule has 2 aliphatic rings. The molecule has 0 bridgehead atoms. The van der Waals surface area contributed by atoms with E-state index in [1.54, 1.807) is 6.07 Å². The van der Waals surface area contributed by atoms with E-state index in [1.807, 2.05) is 18.2 Å². The maximum atomic E-state index is 12.4. The van der Waals surface area contributed by atoms with E-state index in [0.29, 0.717) is 11.4 Å². The van der Waals surface area contributed by atoms with Crippen molar-refractivity contribution in [3.8, 4) is 0 Å². The van der Waals surface area contributed by atoms with Crippen molar-refractivity contribution in [2.75, 3.05) is 19.0 Å². The van der Waals surface area contributed by atoms with Crippen LogP contribution >= 0.6 is 0 Å². The summed E-state index contributed by atoms with van der Waals surface area (Å²) in [7, 11) is -3.27. The number of pyridine rings is 1. The maximum Gasteiger partial charge on any atom is 0.261 e. The Morgan fingerprint density at radius 3 is 2.67 bits per heavy atom. The zero-order chi connectivity index (χ0) is 19.0. The smallest absolute Gasteiger partial charge is 0.261 e. The van der Waals surface area contributed by atoms with Crippen molar-refractivity contribution in [3.05, 3.63) is 57.2 Å². The Labute approximate surface area is 156 Å². The van der Waals surface area contributed by atoms with Gasteiger partial charge in [0.15, 0.2) is 9.84 Å². The molecule has 27 heavy (non-hydrogen) atoms. The van der Waals surface area contributed by atoms with Crippen LogP contribution in [0.1, 0.15) is 34.7 Å². The van der Waals surface area contributed by atoms with Gasteiger partial charge in [0.05, 0.1) is 11.8 Å². The number of carbonyl (C=O) groups is 1. The van der Waals surface area contributed by atoms with Crippen LogP contribution in [0, 0.1) is 0 Å². The Morgan fingerprint density at radius 2 is 1.96 bits per heavy atom. The molecule has 3 heterocycles. The van der Waals surface area contributed by atoms with E-state index < -0.39 is 27.3 Å². The molecular formula is C19H20N2O5S.